The zero-order valence-corrected chi connectivity index (χ0v) is 21.3. The number of hydrogen-bond donors (Lipinski definition) is 1. The Labute approximate surface area is 214 Å². The minimum absolute atomic E-state index is 0.0208. The largest absolute Gasteiger partial charge is 0.444 e. The number of anilines is 1. The Balaban J connectivity index is 1.41. The van der Waals surface area contributed by atoms with Crippen LogP contribution in [0.15, 0.2) is 43.1 Å². The fourth-order valence-corrected chi connectivity index (χ4v) is 4.48. The first-order chi connectivity index (χ1) is 17.7. The standard InChI is InChI=1S/C26H29N9O2/c1-26(2,3)37-25(36)31-20-6-5-9-34(15-20)22-8-7-17(11-28-22)23-24-18(10-27)12-30-35(24)16-21(32-23)19-13-29-33(4)14-19/h7-8,11-14,16,20H,5-6,9,15H2,1-4H3,(H,31,36)/t20-/m1/s1. The first-order valence-electron chi connectivity index (χ1n) is 12.2. The van der Waals surface area contributed by atoms with Crippen LogP contribution in [0.1, 0.15) is 39.2 Å². The van der Waals surface area contributed by atoms with Crippen LogP contribution in [0.3, 0.4) is 0 Å². The number of amides is 1. The van der Waals surface area contributed by atoms with E-state index in [9.17, 15) is 10.1 Å². The van der Waals surface area contributed by atoms with E-state index in [0.717, 1.165) is 36.3 Å². The first kappa shape index (κ1) is 24.2. The van der Waals surface area contributed by atoms with Crippen LogP contribution in [0, 0.1) is 11.3 Å². The summed E-state index contributed by atoms with van der Waals surface area (Å²) in [6.07, 6.45) is 10.1. The van der Waals surface area contributed by atoms with E-state index in [0.29, 0.717) is 29.0 Å². The normalized spacial score (nSPS) is 16.0. The Morgan fingerprint density at radius 2 is 2.00 bits per heavy atom. The van der Waals surface area contributed by atoms with Gasteiger partial charge in [-0.15, -0.1) is 0 Å². The molecule has 0 saturated carbocycles. The number of alkyl carbamates (subject to hydrolysis) is 1. The molecule has 4 aromatic rings. The predicted molar refractivity (Wildman–Crippen MR) is 138 cm³/mol. The van der Waals surface area contributed by atoms with Crippen molar-refractivity contribution in [2.24, 2.45) is 7.05 Å². The Morgan fingerprint density at radius 1 is 1.16 bits per heavy atom. The number of nitrogens with zero attached hydrogens (tertiary/aromatic N) is 8. The number of ether oxygens (including phenoxy) is 1. The molecule has 4 aromatic heterocycles. The van der Waals surface area contributed by atoms with Gasteiger partial charge in [0.25, 0.3) is 0 Å². The number of aromatic nitrogens is 6. The van der Waals surface area contributed by atoms with E-state index in [1.807, 2.05) is 46.1 Å². The molecule has 0 spiro atoms. The van der Waals surface area contributed by atoms with Crippen LogP contribution in [0.4, 0.5) is 10.6 Å². The second-order valence-electron chi connectivity index (χ2n) is 10.2. The van der Waals surface area contributed by atoms with E-state index in [1.54, 1.807) is 34.0 Å². The second-order valence-corrected chi connectivity index (χ2v) is 10.2. The fourth-order valence-electron chi connectivity index (χ4n) is 4.48. The van der Waals surface area contributed by atoms with Gasteiger partial charge in [0, 0.05) is 49.7 Å². The highest BCUT2D eigenvalue weighted by molar-refractivity contribution is 5.83. The summed E-state index contributed by atoms with van der Waals surface area (Å²) in [5.41, 5.74) is 3.47. The lowest BCUT2D eigenvalue weighted by molar-refractivity contribution is 0.0500. The molecule has 5 heterocycles. The van der Waals surface area contributed by atoms with Gasteiger partial charge in [0.05, 0.1) is 30.0 Å². The maximum absolute atomic E-state index is 12.2. The number of carbonyl (C=O) groups is 1. The lowest BCUT2D eigenvalue weighted by Crippen LogP contribution is -2.49. The number of aryl methyl sites for hydroxylation is 1. The second kappa shape index (κ2) is 9.54. The number of nitriles is 1. The Morgan fingerprint density at radius 3 is 2.68 bits per heavy atom. The van der Waals surface area contributed by atoms with Gasteiger partial charge in [0.1, 0.15) is 28.6 Å². The average molecular weight is 500 g/mol. The predicted octanol–water partition coefficient (Wildman–Crippen LogP) is 3.56. The topological polar surface area (TPSA) is 126 Å². The van der Waals surface area contributed by atoms with Crippen LogP contribution in [-0.4, -0.2) is 60.2 Å². The molecule has 1 N–H and O–H groups in total. The summed E-state index contributed by atoms with van der Waals surface area (Å²) in [5.74, 6) is 0.813. The first-order valence-corrected chi connectivity index (χ1v) is 12.2. The van der Waals surface area contributed by atoms with E-state index in [-0.39, 0.29) is 6.04 Å². The van der Waals surface area contributed by atoms with Gasteiger partial charge in [-0.2, -0.15) is 15.5 Å². The zero-order chi connectivity index (χ0) is 26.2. The van der Waals surface area contributed by atoms with E-state index >= 15 is 0 Å². The zero-order valence-electron chi connectivity index (χ0n) is 21.3. The number of hydrogen-bond acceptors (Lipinski definition) is 8. The average Bonchev–Trinajstić information content (AvgIpc) is 3.48. The molecular formula is C26H29N9O2. The summed E-state index contributed by atoms with van der Waals surface area (Å²) in [6, 6.07) is 6.09. The molecule has 1 aliphatic rings. The smallest absolute Gasteiger partial charge is 0.407 e. The van der Waals surface area contributed by atoms with Crippen molar-refractivity contribution in [1.82, 2.24) is 34.7 Å². The SMILES string of the molecule is Cn1cc(-c2cn3ncc(C#N)c3c(-c3ccc(N4CCC[C@@H](NC(=O)OC(C)(C)C)C4)nc3)n2)cn1. The van der Waals surface area contributed by atoms with Gasteiger partial charge in [-0.05, 0) is 45.7 Å². The molecule has 190 valence electrons. The van der Waals surface area contributed by atoms with E-state index in [4.69, 9.17) is 14.7 Å². The van der Waals surface area contributed by atoms with Crippen LogP contribution >= 0.6 is 0 Å². The van der Waals surface area contributed by atoms with E-state index < -0.39 is 11.7 Å². The molecule has 11 heteroatoms. The molecular weight excluding hydrogens is 470 g/mol. The molecule has 1 aliphatic heterocycles. The molecule has 1 fully saturated rings. The Bertz CT molecular complexity index is 1470. The lowest BCUT2D eigenvalue weighted by atomic mass is 10.1. The van der Waals surface area contributed by atoms with Crippen molar-refractivity contribution in [3.8, 4) is 28.6 Å². The minimum atomic E-state index is -0.537. The summed E-state index contributed by atoms with van der Waals surface area (Å²) < 4.78 is 8.80. The molecule has 1 atom stereocenters. The van der Waals surface area contributed by atoms with Crippen molar-refractivity contribution in [1.29, 1.82) is 5.26 Å². The molecule has 0 aromatic carbocycles. The van der Waals surface area contributed by atoms with Crippen molar-refractivity contribution in [2.45, 2.75) is 45.3 Å². The summed E-state index contributed by atoms with van der Waals surface area (Å²) in [5, 5.41) is 21.2. The van der Waals surface area contributed by atoms with Crippen molar-refractivity contribution in [2.75, 3.05) is 18.0 Å². The maximum Gasteiger partial charge on any atom is 0.407 e. The number of piperidine rings is 1. The van der Waals surface area contributed by atoms with Crippen LogP contribution in [0.25, 0.3) is 28.0 Å². The van der Waals surface area contributed by atoms with Gasteiger partial charge < -0.3 is 15.0 Å². The third-order valence-corrected chi connectivity index (χ3v) is 6.11. The minimum Gasteiger partial charge on any atom is -0.444 e. The fraction of sp³-hybridized carbons (Fsp3) is 0.385. The van der Waals surface area contributed by atoms with Crippen LogP contribution in [-0.2, 0) is 11.8 Å². The highest BCUT2D eigenvalue weighted by atomic mass is 16.6. The van der Waals surface area contributed by atoms with E-state index in [1.165, 1.54) is 0 Å². The molecule has 0 aliphatic carbocycles. The maximum atomic E-state index is 12.2. The molecule has 1 amide bonds. The molecule has 0 radical (unpaired) electrons. The number of pyridine rings is 1. The summed E-state index contributed by atoms with van der Waals surface area (Å²) >= 11 is 0. The Kier molecular flexibility index (Phi) is 6.25. The van der Waals surface area contributed by atoms with Crippen LogP contribution in [0.5, 0.6) is 0 Å². The van der Waals surface area contributed by atoms with Gasteiger partial charge in [-0.1, -0.05) is 0 Å². The highest BCUT2D eigenvalue weighted by Gasteiger charge is 2.25. The van der Waals surface area contributed by atoms with Crippen molar-refractivity contribution < 1.29 is 9.53 Å². The molecule has 5 rings (SSSR count). The number of carbonyl (C=O) groups excluding carboxylic acids is 1. The van der Waals surface area contributed by atoms with Gasteiger partial charge in [-0.25, -0.2) is 19.3 Å². The third kappa shape index (κ3) is 5.23. The number of fused-ring (bicyclic) bond motifs is 1. The molecule has 0 unspecified atom stereocenters. The molecule has 11 nitrogen and oxygen atoms in total. The van der Waals surface area contributed by atoms with Crippen molar-refractivity contribution >= 4 is 17.4 Å². The molecule has 1 saturated heterocycles. The molecule has 0 bridgehead atoms. The number of nitrogens with one attached hydrogen (secondary N) is 1. The van der Waals surface area contributed by atoms with Gasteiger partial charge in [-0.3, -0.25) is 4.68 Å². The highest BCUT2D eigenvalue weighted by Crippen LogP contribution is 2.29. The van der Waals surface area contributed by atoms with Crippen LogP contribution < -0.4 is 10.2 Å². The van der Waals surface area contributed by atoms with Gasteiger partial charge in [0.2, 0.25) is 0 Å². The monoisotopic (exact) mass is 499 g/mol. The van der Waals surface area contributed by atoms with Crippen molar-refractivity contribution in [3.05, 3.63) is 48.7 Å². The van der Waals surface area contributed by atoms with Crippen molar-refractivity contribution in [3.63, 3.8) is 0 Å². The third-order valence-electron chi connectivity index (χ3n) is 6.11. The quantitative estimate of drug-likeness (QED) is 0.452. The summed E-state index contributed by atoms with van der Waals surface area (Å²) in [4.78, 5) is 24.0. The summed E-state index contributed by atoms with van der Waals surface area (Å²) in [7, 11) is 1.85. The number of rotatable bonds is 4. The lowest BCUT2D eigenvalue weighted by Gasteiger charge is -2.34. The van der Waals surface area contributed by atoms with Gasteiger partial charge in [0.15, 0.2) is 0 Å². The molecule has 37 heavy (non-hydrogen) atoms. The Hall–Kier alpha value is -4.46. The van der Waals surface area contributed by atoms with Gasteiger partial charge >= 0.3 is 6.09 Å². The summed E-state index contributed by atoms with van der Waals surface area (Å²) in [6.45, 7) is 7.04. The van der Waals surface area contributed by atoms with Crippen LogP contribution in [0.2, 0.25) is 0 Å². The van der Waals surface area contributed by atoms with E-state index in [2.05, 4.69) is 26.5 Å².